The van der Waals surface area contributed by atoms with Crippen LogP contribution in [0.2, 0.25) is 5.02 Å². The van der Waals surface area contributed by atoms with Crippen molar-refractivity contribution in [3.8, 4) is 11.4 Å². The van der Waals surface area contributed by atoms with Crippen molar-refractivity contribution in [1.82, 2.24) is 14.9 Å². The molecule has 1 amide bonds. The molecule has 1 aliphatic rings. The smallest absolute Gasteiger partial charge is 0.222 e. The molecule has 1 N–H and O–H groups in total. The fourth-order valence-electron chi connectivity index (χ4n) is 4.65. The van der Waals surface area contributed by atoms with Crippen LogP contribution in [0.3, 0.4) is 0 Å². The second-order valence-corrected chi connectivity index (χ2v) is 9.02. The Morgan fingerprint density at radius 2 is 1.82 bits per heavy atom. The Bertz CT molecular complexity index is 1280. The Balaban J connectivity index is 1.23. The van der Waals surface area contributed by atoms with Gasteiger partial charge in [-0.3, -0.25) is 9.78 Å². The summed E-state index contributed by atoms with van der Waals surface area (Å²) in [6, 6.07) is 18.2. The lowest BCUT2D eigenvalue weighted by molar-refractivity contribution is -0.131. The van der Waals surface area contributed by atoms with Gasteiger partial charge in [-0.05, 0) is 73.0 Å². The molecular weight excluding hydrogens is 451 g/mol. The number of pyridine rings is 1. The number of hydrogen-bond donors (Lipinski definition) is 1. The maximum absolute atomic E-state index is 13.2. The molecular formula is C27H26ClFN4O. The number of aromatic amines is 1. The average molecular weight is 477 g/mol. The Morgan fingerprint density at radius 1 is 1.03 bits per heavy atom. The number of nitrogens with one attached hydrogen (secondary N) is 1. The van der Waals surface area contributed by atoms with E-state index in [0.29, 0.717) is 24.5 Å². The third-order valence-electron chi connectivity index (χ3n) is 6.43. The first-order valence-electron chi connectivity index (χ1n) is 11.6. The number of piperazine rings is 1. The highest BCUT2D eigenvalue weighted by Gasteiger charge is 2.22. The number of aromatic nitrogens is 2. The number of rotatable bonds is 6. The van der Waals surface area contributed by atoms with Crippen LogP contribution in [0.4, 0.5) is 10.1 Å². The van der Waals surface area contributed by atoms with Gasteiger partial charge in [0.2, 0.25) is 5.91 Å². The zero-order valence-corrected chi connectivity index (χ0v) is 19.6. The number of hydrogen-bond acceptors (Lipinski definition) is 3. The van der Waals surface area contributed by atoms with Crippen molar-refractivity contribution in [2.75, 3.05) is 31.1 Å². The number of carbonyl (C=O) groups excluding carboxylic acids is 1. The number of carbonyl (C=O) groups is 1. The van der Waals surface area contributed by atoms with Crippen molar-refractivity contribution in [3.05, 3.63) is 83.3 Å². The summed E-state index contributed by atoms with van der Waals surface area (Å²) in [7, 11) is 0. The third-order valence-corrected chi connectivity index (χ3v) is 6.67. The first-order chi connectivity index (χ1) is 16.6. The summed E-state index contributed by atoms with van der Waals surface area (Å²) in [4.78, 5) is 25.0. The molecule has 0 unspecified atom stereocenters. The zero-order valence-electron chi connectivity index (χ0n) is 18.8. The monoisotopic (exact) mass is 476 g/mol. The molecule has 0 bridgehead atoms. The maximum Gasteiger partial charge on any atom is 0.222 e. The fraction of sp³-hybridized carbons (Fsp3) is 0.259. The summed E-state index contributed by atoms with van der Waals surface area (Å²) in [6.45, 7) is 2.86. The summed E-state index contributed by atoms with van der Waals surface area (Å²) >= 11 is 6.28. The van der Waals surface area contributed by atoms with Crippen molar-refractivity contribution in [3.63, 3.8) is 0 Å². The Kier molecular flexibility index (Phi) is 6.50. The lowest BCUT2D eigenvalue weighted by atomic mass is 10.0. The molecule has 1 aliphatic heterocycles. The van der Waals surface area contributed by atoms with Crippen LogP contribution in [-0.2, 0) is 11.2 Å². The topological polar surface area (TPSA) is 52.2 Å². The lowest BCUT2D eigenvalue weighted by Crippen LogP contribution is -2.48. The summed E-state index contributed by atoms with van der Waals surface area (Å²) in [5.41, 5.74) is 5.02. The minimum absolute atomic E-state index is 0.177. The van der Waals surface area contributed by atoms with Crippen molar-refractivity contribution in [2.24, 2.45) is 0 Å². The predicted molar refractivity (Wildman–Crippen MR) is 135 cm³/mol. The van der Waals surface area contributed by atoms with E-state index in [0.717, 1.165) is 59.5 Å². The van der Waals surface area contributed by atoms with Crippen molar-refractivity contribution in [2.45, 2.75) is 19.3 Å². The van der Waals surface area contributed by atoms with Crippen molar-refractivity contribution < 1.29 is 9.18 Å². The van der Waals surface area contributed by atoms with Gasteiger partial charge in [0.05, 0.1) is 11.4 Å². The van der Waals surface area contributed by atoms with Crippen LogP contribution in [0.1, 0.15) is 18.4 Å². The van der Waals surface area contributed by atoms with Crippen LogP contribution in [0, 0.1) is 5.82 Å². The zero-order chi connectivity index (χ0) is 23.5. The van der Waals surface area contributed by atoms with Crippen LogP contribution >= 0.6 is 11.6 Å². The molecule has 2 aromatic carbocycles. The number of halogens is 2. The Morgan fingerprint density at radius 3 is 2.56 bits per heavy atom. The third kappa shape index (κ3) is 4.77. The summed E-state index contributed by atoms with van der Waals surface area (Å²) < 4.78 is 13.2. The van der Waals surface area contributed by atoms with Crippen molar-refractivity contribution >= 4 is 34.1 Å². The van der Waals surface area contributed by atoms with Gasteiger partial charge in [0, 0.05) is 60.4 Å². The Labute approximate surface area is 203 Å². The molecule has 0 spiro atoms. The van der Waals surface area contributed by atoms with Gasteiger partial charge in [-0.2, -0.15) is 0 Å². The van der Waals surface area contributed by atoms with Crippen LogP contribution in [-0.4, -0.2) is 47.0 Å². The summed E-state index contributed by atoms with van der Waals surface area (Å²) in [5.74, 6) is -0.0581. The number of anilines is 1. The molecule has 0 aliphatic carbocycles. The molecule has 5 nitrogen and oxygen atoms in total. The standard InChI is InChI=1S/C27H26ClFN4O/c28-19-7-12-24-23(18-19)22(27(31-24)25-5-1-2-13-30-25)4-3-6-26(34)33-16-14-32(15-17-33)21-10-8-20(29)9-11-21/h1-2,5,7-13,18,31H,3-4,6,14-17H2. The highest BCUT2D eigenvalue weighted by atomic mass is 35.5. The molecule has 34 heavy (non-hydrogen) atoms. The van der Waals surface area contributed by atoms with Crippen LogP contribution in [0.25, 0.3) is 22.3 Å². The van der Waals surface area contributed by atoms with E-state index < -0.39 is 0 Å². The second-order valence-electron chi connectivity index (χ2n) is 8.58. The van der Waals surface area contributed by atoms with Gasteiger partial charge >= 0.3 is 0 Å². The molecule has 0 radical (unpaired) electrons. The quantitative estimate of drug-likeness (QED) is 0.388. The first-order valence-corrected chi connectivity index (χ1v) is 12.0. The number of fused-ring (bicyclic) bond motifs is 1. The summed E-state index contributed by atoms with van der Waals surface area (Å²) in [5, 5.41) is 1.77. The minimum Gasteiger partial charge on any atom is -0.368 e. The van der Waals surface area contributed by atoms with Crippen LogP contribution < -0.4 is 4.90 Å². The van der Waals surface area contributed by atoms with Gasteiger partial charge in [0.15, 0.2) is 0 Å². The van der Waals surface area contributed by atoms with Gasteiger partial charge in [-0.15, -0.1) is 0 Å². The SMILES string of the molecule is O=C(CCCc1c(-c2ccccn2)[nH]c2ccc(Cl)cc12)N1CCN(c2ccc(F)cc2)CC1. The molecule has 174 valence electrons. The fourth-order valence-corrected chi connectivity index (χ4v) is 4.82. The molecule has 5 rings (SSSR count). The molecule has 0 atom stereocenters. The largest absolute Gasteiger partial charge is 0.368 e. The number of nitrogens with zero attached hydrogens (tertiary/aromatic N) is 3. The van der Waals surface area contributed by atoms with Crippen LogP contribution in [0.5, 0.6) is 0 Å². The molecule has 2 aromatic heterocycles. The van der Waals surface area contributed by atoms with E-state index >= 15 is 0 Å². The first kappa shape index (κ1) is 22.4. The maximum atomic E-state index is 13.2. The Hall–Kier alpha value is -3.38. The van der Waals surface area contributed by atoms with Gasteiger partial charge < -0.3 is 14.8 Å². The average Bonchev–Trinajstić information content (AvgIpc) is 3.23. The van der Waals surface area contributed by atoms with E-state index in [9.17, 15) is 9.18 Å². The number of aryl methyl sites for hydroxylation is 1. The lowest BCUT2D eigenvalue weighted by Gasteiger charge is -2.36. The van der Waals surface area contributed by atoms with Crippen molar-refractivity contribution in [1.29, 1.82) is 0 Å². The predicted octanol–water partition coefficient (Wildman–Crippen LogP) is 5.69. The van der Waals surface area contributed by atoms with E-state index in [4.69, 9.17) is 11.6 Å². The molecule has 0 saturated carbocycles. The van der Waals surface area contributed by atoms with Gasteiger partial charge in [0.1, 0.15) is 5.82 Å². The van der Waals surface area contributed by atoms with E-state index in [1.807, 2.05) is 41.3 Å². The highest BCUT2D eigenvalue weighted by molar-refractivity contribution is 6.31. The summed E-state index contributed by atoms with van der Waals surface area (Å²) in [6.07, 6.45) is 3.78. The minimum atomic E-state index is -0.235. The molecule has 7 heteroatoms. The second kappa shape index (κ2) is 9.85. The molecule has 1 fully saturated rings. The van der Waals surface area contributed by atoms with Gasteiger partial charge in [-0.25, -0.2) is 4.39 Å². The van der Waals surface area contributed by atoms with Gasteiger partial charge in [-0.1, -0.05) is 17.7 Å². The molecule has 4 aromatic rings. The normalized spacial score (nSPS) is 14.1. The van der Waals surface area contributed by atoms with E-state index in [1.165, 1.54) is 12.1 Å². The molecule has 1 saturated heterocycles. The van der Waals surface area contributed by atoms with Gasteiger partial charge in [0.25, 0.3) is 0 Å². The number of amides is 1. The number of benzene rings is 2. The number of H-pyrrole nitrogens is 1. The van der Waals surface area contributed by atoms with E-state index in [1.54, 1.807) is 18.3 Å². The van der Waals surface area contributed by atoms with Crippen LogP contribution in [0.15, 0.2) is 66.9 Å². The van der Waals surface area contributed by atoms with E-state index in [-0.39, 0.29) is 11.7 Å². The highest BCUT2D eigenvalue weighted by Crippen LogP contribution is 2.32. The van der Waals surface area contributed by atoms with E-state index in [2.05, 4.69) is 14.9 Å². The molecule has 3 heterocycles.